The van der Waals surface area contributed by atoms with E-state index in [1.54, 1.807) is 0 Å². The summed E-state index contributed by atoms with van der Waals surface area (Å²) in [7, 11) is 0. The first-order chi connectivity index (χ1) is 12.7. The molecule has 1 heterocycles. The van der Waals surface area contributed by atoms with Crippen LogP contribution >= 0.6 is 22.9 Å². The highest BCUT2D eigenvalue weighted by molar-refractivity contribution is 7.14. The lowest BCUT2D eigenvalue weighted by Crippen LogP contribution is -2.00. The normalized spacial score (nSPS) is 11.7. The Hall–Kier alpha value is -2.69. The fraction of sp³-hybridized carbons (Fsp3) is 0.0476. The molecule has 0 radical (unpaired) electrons. The van der Waals surface area contributed by atoms with Gasteiger partial charge in [-0.05, 0) is 29.8 Å². The Morgan fingerprint density at radius 2 is 1.77 bits per heavy atom. The second-order valence-corrected chi connectivity index (χ2v) is 7.18. The van der Waals surface area contributed by atoms with Crippen molar-refractivity contribution in [2.45, 2.75) is 6.92 Å². The first-order valence-electron chi connectivity index (χ1n) is 8.20. The number of benzene rings is 3. The van der Waals surface area contributed by atoms with E-state index in [-0.39, 0.29) is 0 Å². The number of thiazole rings is 1. The van der Waals surface area contributed by atoms with Gasteiger partial charge in [0, 0.05) is 21.5 Å². The van der Waals surface area contributed by atoms with Gasteiger partial charge >= 0.3 is 0 Å². The number of nitrogens with one attached hydrogen (secondary N) is 1. The zero-order valence-corrected chi connectivity index (χ0v) is 15.7. The highest BCUT2D eigenvalue weighted by atomic mass is 35.5. The highest BCUT2D eigenvalue weighted by Gasteiger charge is 2.06. The average Bonchev–Trinajstić information content (AvgIpc) is 3.15. The molecule has 3 nitrogen and oxygen atoms in total. The maximum Gasteiger partial charge on any atom is 0.203 e. The van der Waals surface area contributed by atoms with Crippen molar-refractivity contribution in [3.63, 3.8) is 0 Å². The van der Waals surface area contributed by atoms with Gasteiger partial charge in [0.05, 0.1) is 11.4 Å². The van der Waals surface area contributed by atoms with E-state index in [0.29, 0.717) is 0 Å². The molecule has 3 aromatic carbocycles. The zero-order valence-electron chi connectivity index (χ0n) is 14.1. The monoisotopic (exact) mass is 377 g/mol. The van der Waals surface area contributed by atoms with Crippen molar-refractivity contribution in [3.8, 4) is 11.3 Å². The molecule has 0 saturated heterocycles. The Balaban J connectivity index is 1.57. The molecule has 4 aromatic rings. The number of fused-ring (bicyclic) bond motifs is 1. The quantitative estimate of drug-likeness (QED) is 0.327. The van der Waals surface area contributed by atoms with Crippen LogP contribution in [0.15, 0.2) is 77.2 Å². The summed E-state index contributed by atoms with van der Waals surface area (Å²) in [5.74, 6) is 0. The van der Waals surface area contributed by atoms with E-state index >= 15 is 0 Å². The van der Waals surface area contributed by atoms with Gasteiger partial charge in [-0.1, -0.05) is 66.2 Å². The second-order valence-electron chi connectivity index (χ2n) is 5.88. The summed E-state index contributed by atoms with van der Waals surface area (Å²) in [6, 6.07) is 22.2. The molecule has 0 bridgehead atoms. The van der Waals surface area contributed by atoms with E-state index in [1.165, 1.54) is 22.1 Å². The molecule has 0 aliphatic heterocycles. The van der Waals surface area contributed by atoms with Gasteiger partial charge in [-0.2, -0.15) is 5.10 Å². The van der Waals surface area contributed by atoms with Crippen LogP contribution in [0.2, 0.25) is 5.02 Å². The molecule has 0 amide bonds. The van der Waals surface area contributed by atoms with E-state index in [0.717, 1.165) is 32.7 Å². The van der Waals surface area contributed by atoms with Gasteiger partial charge < -0.3 is 0 Å². The molecule has 0 spiro atoms. The van der Waals surface area contributed by atoms with E-state index in [2.05, 4.69) is 45.8 Å². The van der Waals surface area contributed by atoms with Gasteiger partial charge in [0.15, 0.2) is 0 Å². The summed E-state index contributed by atoms with van der Waals surface area (Å²) < 4.78 is 0. The molecule has 5 heteroatoms. The number of anilines is 1. The molecule has 1 N–H and O–H groups in total. The molecule has 0 aliphatic carbocycles. The van der Waals surface area contributed by atoms with E-state index in [4.69, 9.17) is 11.6 Å². The Kier molecular flexibility index (Phi) is 4.69. The van der Waals surface area contributed by atoms with E-state index in [1.807, 2.05) is 48.7 Å². The summed E-state index contributed by atoms with van der Waals surface area (Å²) in [5.41, 5.74) is 7.06. The number of hydrogen-bond acceptors (Lipinski definition) is 4. The Morgan fingerprint density at radius 1 is 1.00 bits per heavy atom. The molecule has 1 aromatic heterocycles. The average molecular weight is 378 g/mol. The Bertz CT molecular complexity index is 1080. The lowest BCUT2D eigenvalue weighted by atomic mass is 10.0. The third-order valence-corrected chi connectivity index (χ3v) is 5.14. The molecule has 0 aliphatic rings. The summed E-state index contributed by atoms with van der Waals surface area (Å²) in [6.07, 6.45) is 0. The summed E-state index contributed by atoms with van der Waals surface area (Å²) in [4.78, 5) is 4.60. The maximum absolute atomic E-state index is 5.94. The molecule has 26 heavy (non-hydrogen) atoms. The van der Waals surface area contributed by atoms with Crippen LogP contribution in [0.4, 0.5) is 5.13 Å². The number of halogens is 1. The van der Waals surface area contributed by atoms with E-state index < -0.39 is 0 Å². The number of nitrogens with zero attached hydrogens (tertiary/aromatic N) is 2. The first-order valence-corrected chi connectivity index (χ1v) is 9.46. The zero-order chi connectivity index (χ0) is 17.9. The standard InChI is InChI=1S/C21H16ClN3S/c1-14(18-8-4-6-15-5-2-3-7-19(15)18)24-25-21-23-20(13-26-21)16-9-11-17(22)12-10-16/h2-13H,1H3,(H,23,25)/b24-14+. The van der Waals surface area contributed by atoms with Crippen LogP contribution in [0.5, 0.6) is 0 Å². The molecule has 0 saturated carbocycles. The molecular weight excluding hydrogens is 362 g/mol. The van der Waals surface area contributed by atoms with Crippen molar-refractivity contribution in [1.82, 2.24) is 4.98 Å². The minimum atomic E-state index is 0.720. The lowest BCUT2D eigenvalue weighted by molar-refractivity contribution is 1.27. The molecule has 0 fully saturated rings. The third-order valence-electron chi connectivity index (χ3n) is 4.14. The summed E-state index contributed by atoms with van der Waals surface area (Å²) in [5, 5.41) is 10.4. The highest BCUT2D eigenvalue weighted by Crippen LogP contribution is 2.26. The Morgan fingerprint density at radius 3 is 2.62 bits per heavy atom. The van der Waals surface area contributed by atoms with Crippen LogP contribution in [-0.4, -0.2) is 10.7 Å². The topological polar surface area (TPSA) is 37.3 Å². The van der Waals surface area contributed by atoms with Crippen molar-refractivity contribution < 1.29 is 0 Å². The van der Waals surface area contributed by atoms with Crippen LogP contribution < -0.4 is 5.43 Å². The van der Waals surface area contributed by atoms with Gasteiger partial charge in [-0.15, -0.1) is 11.3 Å². The van der Waals surface area contributed by atoms with Crippen molar-refractivity contribution >= 4 is 44.6 Å². The second kappa shape index (κ2) is 7.28. The largest absolute Gasteiger partial charge is 0.252 e. The van der Waals surface area contributed by atoms with Crippen molar-refractivity contribution in [2.75, 3.05) is 5.43 Å². The van der Waals surface area contributed by atoms with Gasteiger partial charge in [0.2, 0.25) is 5.13 Å². The predicted molar refractivity (Wildman–Crippen MR) is 112 cm³/mol. The fourth-order valence-electron chi connectivity index (χ4n) is 2.81. The SMILES string of the molecule is C/C(=N\Nc1nc(-c2ccc(Cl)cc2)cs1)c1cccc2ccccc12. The molecule has 4 rings (SSSR count). The molecule has 128 valence electrons. The summed E-state index contributed by atoms with van der Waals surface area (Å²) in [6.45, 7) is 2.00. The minimum absolute atomic E-state index is 0.720. The number of hydrogen-bond donors (Lipinski definition) is 1. The molecular formula is C21H16ClN3S. The number of aromatic nitrogens is 1. The van der Waals surface area contributed by atoms with Crippen molar-refractivity contribution in [2.24, 2.45) is 5.10 Å². The molecule has 0 unspecified atom stereocenters. The molecule has 0 atom stereocenters. The van der Waals surface area contributed by atoms with Crippen LogP contribution in [0.3, 0.4) is 0 Å². The van der Waals surface area contributed by atoms with Crippen molar-refractivity contribution in [1.29, 1.82) is 0 Å². The number of rotatable bonds is 4. The van der Waals surface area contributed by atoms with Gasteiger partial charge in [-0.25, -0.2) is 4.98 Å². The smallest absolute Gasteiger partial charge is 0.203 e. The first kappa shape index (κ1) is 16.8. The minimum Gasteiger partial charge on any atom is -0.252 e. The van der Waals surface area contributed by atoms with Crippen LogP contribution in [0, 0.1) is 0 Å². The third kappa shape index (κ3) is 3.47. The van der Waals surface area contributed by atoms with Gasteiger partial charge in [-0.3, -0.25) is 5.43 Å². The Labute approximate surface area is 161 Å². The van der Waals surface area contributed by atoms with Crippen LogP contribution in [0.1, 0.15) is 12.5 Å². The van der Waals surface area contributed by atoms with Gasteiger partial charge in [0.1, 0.15) is 0 Å². The predicted octanol–water partition coefficient (Wildman–Crippen LogP) is 6.45. The van der Waals surface area contributed by atoms with Crippen LogP contribution in [-0.2, 0) is 0 Å². The fourth-order valence-corrected chi connectivity index (χ4v) is 3.60. The van der Waals surface area contributed by atoms with E-state index in [9.17, 15) is 0 Å². The number of hydrazone groups is 1. The summed E-state index contributed by atoms with van der Waals surface area (Å²) >= 11 is 7.47. The van der Waals surface area contributed by atoms with Crippen molar-refractivity contribution in [3.05, 3.63) is 82.7 Å². The van der Waals surface area contributed by atoms with Crippen LogP contribution in [0.25, 0.3) is 22.0 Å². The van der Waals surface area contributed by atoms with Gasteiger partial charge in [0.25, 0.3) is 0 Å². The maximum atomic E-state index is 5.94. The lowest BCUT2D eigenvalue weighted by Gasteiger charge is -2.06.